The molecule has 0 amide bonds. The highest BCUT2D eigenvalue weighted by Crippen LogP contribution is 2.03. The summed E-state index contributed by atoms with van der Waals surface area (Å²) in [5.74, 6) is -1.53. The van der Waals surface area contributed by atoms with Crippen molar-refractivity contribution in [3.8, 4) is 0 Å². The monoisotopic (exact) mass is 200 g/mol. The van der Waals surface area contributed by atoms with Crippen LogP contribution in [0.2, 0.25) is 0 Å². The first kappa shape index (κ1) is 12.5. The third kappa shape index (κ3) is 3.51. The summed E-state index contributed by atoms with van der Waals surface area (Å²) in [5.41, 5.74) is 0. The standard InChI is InChI=1S/C9H12O5/c1-3-6(11)9(7(12)5-10)14-8(13)4-2/h3-4,7,9-10,12H,1-2,5H2. The van der Waals surface area contributed by atoms with Gasteiger partial charge in [0.1, 0.15) is 6.10 Å². The van der Waals surface area contributed by atoms with Crippen molar-refractivity contribution in [3.05, 3.63) is 25.3 Å². The van der Waals surface area contributed by atoms with Gasteiger partial charge in [0.15, 0.2) is 11.9 Å². The molecular weight excluding hydrogens is 188 g/mol. The van der Waals surface area contributed by atoms with Gasteiger partial charge in [0.2, 0.25) is 0 Å². The van der Waals surface area contributed by atoms with Crippen LogP contribution in [0.1, 0.15) is 0 Å². The third-order valence-corrected chi connectivity index (χ3v) is 1.43. The van der Waals surface area contributed by atoms with Crippen molar-refractivity contribution in [2.45, 2.75) is 12.2 Å². The summed E-state index contributed by atoms with van der Waals surface area (Å²) in [7, 11) is 0. The number of rotatable bonds is 6. The molecule has 0 aliphatic carbocycles. The third-order valence-electron chi connectivity index (χ3n) is 1.43. The lowest BCUT2D eigenvalue weighted by Gasteiger charge is -2.18. The SMILES string of the molecule is C=CC(=O)OC(C(=O)C=C)C(O)CO. The molecule has 2 atom stereocenters. The summed E-state index contributed by atoms with van der Waals surface area (Å²) < 4.78 is 4.52. The van der Waals surface area contributed by atoms with E-state index < -0.39 is 30.6 Å². The maximum absolute atomic E-state index is 11.1. The minimum absolute atomic E-state index is 0.679. The zero-order valence-corrected chi connectivity index (χ0v) is 7.55. The first-order valence-electron chi connectivity index (χ1n) is 3.85. The Morgan fingerprint density at radius 2 is 1.93 bits per heavy atom. The predicted octanol–water partition coefficient (Wildman–Crippen LogP) is -0.808. The first-order valence-corrected chi connectivity index (χ1v) is 3.85. The predicted molar refractivity (Wildman–Crippen MR) is 48.4 cm³/mol. The lowest BCUT2D eigenvalue weighted by atomic mass is 10.1. The highest BCUT2D eigenvalue weighted by atomic mass is 16.6. The average molecular weight is 200 g/mol. The Kier molecular flexibility index (Phi) is 5.43. The van der Waals surface area contributed by atoms with Crippen LogP contribution in [0.15, 0.2) is 25.3 Å². The van der Waals surface area contributed by atoms with E-state index in [4.69, 9.17) is 10.2 Å². The first-order chi connectivity index (χ1) is 6.56. The van der Waals surface area contributed by atoms with Crippen LogP contribution in [-0.4, -0.2) is 40.8 Å². The number of carbonyl (C=O) groups excluding carboxylic acids is 2. The van der Waals surface area contributed by atoms with E-state index in [2.05, 4.69) is 17.9 Å². The van der Waals surface area contributed by atoms with Gasteiger partial charge >= 0.3 is 5.97 Å². The second-order valence-corrected chi connectivity index (χ2v) is 2.42. The van der Waals surface area contributed by atoms with E-state index in [1.165, 1.54) is 0 Å². The minimum atomic E-state index is -1.45. The lowest BCUT2D eigenvalue weighted by Crippen LogP contribution is -2.39. The fraction of sp³-hybridized carbons (Fsp3) is 0.333. The normalized spacial score (nSPS) is 13.9. The maximum Gasteiger partial charge on any atom is 0.330 e. The summed E-state index contributed by atoms with van der Waals surface area (Å²) in [6.45, 7) is 5.61. The van der Waals surface area contributed by atoms with Crippen molar-refractivity contribution < 1.29 is 24.5 Å². The van der Waals surface area contributed by atoms with E-state index >= 15 is 0 Å². The van der Waals surface area contributed by atoms with E-state index in [-0.39, 0.29) is 0 Å². The van der Waals surface area contributed by atoms with Crippen molar-refractivity contribution in [2.75, 3.05) is 6.61 Å². The molecule has 0 radical (unpaired) electrons. The van der Waals surface area contributed by atoms with Gasteiger partial charge in [0, 0.05) is 6.08 Å². The fourth-order valence-electron chi connectivity index (χ4n) is 0.711. The van der Waals surface area contributed by atoms with Crippen LogP contribution in [0.5, 0.6) is 0 Å². The van der Waals surface area contributed by atoms with Gasteiger partial charge in [-0.1, -0.05) is 13.2 Å². The zero-order chi connectivity index (χ0) is 11.1. The molecule has 5 heteroatoms. The number of aliphatic hydroxyl groups excluding tert-OH is 2. The van der Waals surface area contributed by atoms with E-state index in [1.807, 2.05) is 0 Å². The van der Waals surface area contributed by atoms with Gasteiger partial charge in [-0.25, -0.2) is 4.79 Å². The minimum Gasteiger partial charge on any atom is -0.448 e. The number of ether oxygens (including phenoxy) is 1. The molecule has 0 aliphatic rings. The van der Waals surface area contributed by atoms with Gasteiger partial charge in [0.05, 0.1) is 6.61 Å². The van der Waals surface area contributed by atoms with Gasteiger partial charge in [-0.3, -0.25) is 4.79 Å². The van der Waals surface area contributed by atoms with Crippen LogP contribution >= 0.6 is 0 Å². The molecule has 0 fully saturated rings. The number of hydrogen-bond donors (Lipinski definition) is 2. The molecular formula is C9H12O5. The molecule has 2 N–H and O–H groups in total. The van der Waals surface area contributed by atoms with Crippen molar-refractivity contribution in [3.63, 3.8) is 0 Å². The van der Waals surface area contributed by atoms with E-state index in [1.54, 1.807) is 0 Å². The quantitative estimate of drug-likeness (QED) is 0.433. The molecule has 0 aliphatic heterocycles. The van der Waals surface area contributed by atoms with Crippen LogP contribution in [0.4, 0.5) is 0 Å². The molecule has 78 valence electrons. The summed E-state index contributed by atoms with van der Waals surface area (Å²) in [5, 5.41) is 17.7. The van der Waals surface area contributed by atoms with Crippen molar-refractivity contribution in [2.24, 2.45) is 0 Å². The number of hydrogen-bond acceptors (Lipinski definition) is 5. The van der Waals surface area contributed by atoms with Crippen molar-refractivity contribution in [1.29, 1.82) is 0 Å². The van der Waals surface area contributed by atoms with E-state index in [0.717, 1.165) is 12.2 Å². The largest absolute Gasteiger partial charge is 0.448 e. The molecule has 14 heavy (non-hydrogen) atoms. The van der Waals surface area contributed by atoms with Gasteiger partial charge in [0.25, 0.3) is 0 Å². The fourth-order valence-corrected chi connectivity index (χ4v) is 0.711. The molecule has 2 unspecified atom stereocenters. The van der Waals surface area contributed by atoms with Crippen LogP contribution in [0, 0.1) is 0 Å². The molecule has 0 heterocycles. The highest BCUT2D eigenvalue weighted by molar-refractivity contribution is 5.95. The number of esters is 1. The molecule has 0 saturated carbocycles. The highest BCUT2D eigenvalue weighted by Gasteiger charge is 2.27. The van der Waals surface area contributed by atoms with Gasteiger partial charge < -0.3 is 14.9 Å². The molecule has 0 spiro atoms. The zero-order valence-electron chi connectivity index (χ0n) is 7.55. The Hall–Kier alpha value is -1.46. The van der Waals surface area contributed by atoms with Crippen LogP contribution < -0.4 is 0 Å². The van der Waals surface area contributed by atoms with Crippen molar-refractivity contribution in [1.82, 2.24) is 0 Å². The Morgan fingerprint density at radius 1 is 1.36 bits per heavy atom. The van der Waals surface area contributed by atoms with E-state index in [9.17, 15) is 9.59 Å². The van der Waals surface area contributed by atoms with Crippen LogP contribution in [-0.2, 0) is 14.3 Å². The van der Waals surface area contributed by atoms with Crippen LogP contribution in [0.3, 0.4) is 0 Å². The van der Waals surface area contributed by atoms with Gasteiger partial charge in [-0.2, -0.15) is 0 Å². The molecule has 0 aromatic rings. The second-order valence-electron chi connectivity index (χ2n) is 2.42. The Morgan fingerprint density at radius 3 is 2.29 bits per heavy atom. The van der Waals surface area contributed by atoms with Crippen molar-refractivity contribution >= 4 is 11.8 Å². The van der Waals surface area contributed by atoms with Gasteiger partial charge in [-0.05, 0) is 6.08 Å². The average Bonchev–Trinajstić information content (AvgIpc) is 2.23. The van der Waals surface area contributed by atoms with Gasteiger partial charge in [-0.15, -0.1) is 0 Å². The topological polar surface area (TPSA) is 83.8 Å². The molecule has 0 rings (SSSR count). The maximum atomic E-state index is 11.1. The molecule has 0 aromatic heterocycles. The Bertz CT molecular complexity index is 246. The smallest absolute Gasteiger partial charge is 0.330 e. The Labute approximate surface area is 81.3 Å². The Balaban J connectivity index is 4.54. The number of ketones is 1. The van der Waals surface area contributed by atoms with E-state index in [0.29, 0.717) is 0 Å². The molecule has 0 saturated heterocycles. The molecule has 0 bridgehead atoms. The summed E-state index contributed by atoms with van der Waals surface area (Å²) >= 11 is 0. The molecule has 0 aromatic carbocycles. The number of carbonyl (C=O) groups is 2. The summed E-state index contributed by atoms with van der Waals surface area (Å²) in [6, 6.07) is 0. The number of aliphatic hydroxyl groups is 2. The lowest BCUT2D eigenvalue weighted by molar-refractivity contribution is -0.157. The summed E-state index contributed by atoms with van der Waals surface area (Å²) in [4.78, 5) is 21.8. The molecule has 5 nitrogen and oxygen atoms in total. The summed E-state index contributed by atoms with van der Waals surface area (Å²) in [6.07, 6.45) is -1.12. The van der Waals surface area contributed by atoms with Crippen LogP contribution in [0.25, 0.3) is 0 Å². The second kappa shape index (κ2) is 6.06.